The smallest absolute Gasteiger partial charge is 0.0317 e. The average molecular weight is 261 g/mol. The lowest BCUT2D eigenvalue weighted by Gasteiger charge is -2.29. The van der Waals surface area contributed by atoms with Gasteiger partial charge in [-0.3, -0.25) is 0 Å². The highest BCUT2D eigenvalue weighted by Crippen LogP contribution is 2.26. The molecule has 0 aliphatic rings. The van der Waals surface area contributed by atoms with E-state index in [9.17, 15) is 0 Å². The Labute approximate surface area is 119 Å². The quantitative estimate of drug-likeness (QED) is 0.762. The van der Waals surface area contributed by atoms with Crippen LogP contribution >= 0.6 is 0 Å². The van der Waals surface area contributed by atoms with Crippen molar-refractivity contribution in [3.63, 3.8) is 0 Å². The van der Waals surface area contributed by atoms with Gasteiger partial charge in [-0.15, -0.1) is 0 Å². The fourth-order valence-electron chi connectivity index (χ4n) is 2.11. The molecule has 1 N–H and O–H groups in total. The van der Waals surface area contributed by atoms with Gasteiger partial charge < -0.3 is 5.32 Å². The van der Waals surface area contributed by atoms with Crippen LogP contribution in [0.25, 0.3) is 0 Å². The second-order valence-corrected chi connectivity index (χ2v) is 6.73. The summed E-state index contributed by atoms with van der Waals surface area (Å²) in [5, 5.41) is 3.73. The number of aryl methyl sites for hydroxylation is 1. The fraction of sp³-hybridized carbons (Fsp3) is 0.667. The highest BCUT2D eigenvalue weighted by molar-refractivity contribution is 5.25. The minimum atomic E-state index is 0.372. The lowest BCUT2D eigenvalue weighted by Crippen LogP contribution is -2.32. The van der Waals surface area contributed by atoms with E-state index in [1.165, 1.54) is 11.1 Å². The summed E-state index contributed by atoms with van der Waals surface area (Å²) >= 11 is 0. The Morgan fingerprint density at radius 1 is 1.05 bits per heavy atom. The number of hydrogen-bond acceptors (Lipinski definition) is 1. The zero-order chi connectivity index (χ0) is 14.5. The molecule has 0 aromatic heterocycles. The molecule has 0 saturated heterocycles. The molecule has 108 valence electrons. The lowest BCUT2D eigenvalue weighted by atomic mass is 9.82. The summed E-state index contributed by atoms with van der Waals surface area (Å²) in [6, 6.07) is 9.55. The van der Waals surface area contributed by atoms with Crippen LogP contribution in [0.2, 0.25) is 0 Å². The van der Waals surface area contributed by atoms with Crippen LogP contribution in [0.3, 0.4) is 0 Å². The third-order valence-corrected chi connectivity index (χ3v) is 4.35. The predicted molar refractivity (Wildman–Crippen MR) is 85.5 cm³/mol. The number of nitrogens with one attached hydrogen (secondary N) is 1. The van der Waals surface area contributed by atoms with Crippen molar-refractivity contribution < 1.29 is 0 Å². The molecule has 2 atom stereocenters. The van der Waals surface area contributed by atoms with Gasteiger partial charge in [-0.25, -0.2) is 0 Å². The summed E-state index contributed by atoms with van der Waals surface area (Å²) in [6.45, 7) is 14.8. The van der Waals surface area contributed by atoms with Crippen molar-refractivity contribution in [2.24, 2.45) is 11.3 Å². The molecule has 0 aliphatic carbocycles. The normalized spacial score (nSPS) is 15.3. The predicted octanol–water partition coefficient (Wildman–Crippen LogP) is 4.97. The van der Waals surface area contributed by atoms with E-state index in [-0.39, 0.29) is 0 Å². The molecule has 0 bridgehead atoms. The van der Waals surface area contributed by atoms with Gasteiger partial charge in [-0.05, 0) is 41.8 Å². The Hall–Kier alpha value is -0.820. The van der Waals surface area contributed by atoms with Gasteiger partial charge in [-0.2, -0.15) is 0 Å². The van der Waals surface area contributed by atoms with Crippen molar-refractivity contribution >= 4 is 0 Å². The Balaban J connectivity index is 2.62. The second kappa shape index (κ2) is 7.09. The van der Waals surface area contributed by atoms with Crippen molar-refractivity contribution in [3.05, 3.63) is 35.4 Å². The van der Waals surface area contributed by atoms with Crippen molar-refractivity contribution in [1.82, 2.24) is 5.32 Å². The first-order chi connectivity index (χ1) is 8.88. The van der Waals surface area contributed by atoms with E-state index in [4.69, 9.17) is 0 Å². The third kappa shape index (κ3) is 4.99. The highest BCUT2D eigenvalue weighted by Gasteiger charge is 2.20. The molecule has 0 fully saturated rings. The van der Waals surface area contributed by atoms with Gasteiger partial charge in [0.15, 0.2) is 0 Å². The summed E-state index contributed by atoms with van der Waals surface area (Å²) in [6.07, 6.45) is 2.26. The first-order valence-corrected chi connectivity index (χ1v) is 7.70. The maximum atomic E-state index is 3.73. The molecule has 1 heteroatoms. The molecule has 19 heavy (non-hydrogen) atoms. The van der Waals surface area contributed by atoms with E-state index in [0.717, 1.165) is 19.4 Å². The van der Waals surface area contributed by atoms with Crippen molar-refractivity contribution in [1.29, 1.82) is 0 Å². The maximum absolute atomic E-state index is 3.73. The standard InChI is InChI=1S/C18H31N/c1-7-15-9-11-16(12-10-15)17(8-2)19-13-14(3)18(4,5)6/h9-12,14,17,19H,7-8,13H2,1-6H3. The van der Waals surface area contributed by atoms with E-state index in [0.29, 0.717) is 17.4 Å². The Kier molecular flexibility index (Phi) is 6.06. The zero-order valence-corrected chi connectivity index (χ0v) is 13.6. The van der Waals surface area contributed by atoms with Crippen molar-refractivity contribution in [2.75, 3.05) is 6.54 Å². The van der Waals surface area contributed by atoms with Crippen LogP contribution in [0.4, 0.5) is 0 Å². The van der Waals surface area contributed by atoms with Gasteiger partial charge in [0.1, 0.15) is 0 Å². The van der Waals surface area contributed by atoms with E-state index in [1.54, 1.807) is 0 Å². The maximum Gasteiger partial charge on any atom is 0.0317 e. The summed E-state index contributed by atoms with van der Waals surface area (Å²) in [4.78, 5) is 0. The molecule has 1 nitrogen and oxygen atoms in total. The van der Waals surface area contributed by atoms with E-state index >= 15 is 0 Å². The van der Waals surface area contributed by atoms with Crippen LogP contribution in [0, 0.1) is 11.3 Å². The van der Waals surface area contributed by atoms with Gasteiger partial charge >= 0.3 is 0 Å². The van der Waals surface area contributed by atoms with Crippen LogP contribution in [0.15, 0.2) is 24.3 Å². The average Bonchev–Trinajstić information content (AvgIpc) is 2.38. The van der Waals surface area contributed by atoms with Gasteiger partial charge in [0.25, 0.3) is 0 Å². The molecular weight excluding hydrogens is 230 g/mol. The van der Waals surface area contributed by atoms with Crippen molar-refractivity contribution in [2.45, 2.75) is 60.4 Å². The van der Waals surface area contributed by atoms with E-state index in [1.807, 2.05) is 0 Å². The molecule has 1 rings (SSSR count). The first-order valence-electron chi connectivity index (χ1n) is 7.70. The topological polar surface area (TPSA) is 12.0 Å². The van der Waals surface area contributed by atoms with Gasteiger partial charge in [0.05, 0.1) is 0 Å². The molecule has 1 aromatic carbocycles. The molecule has 1 aromatic rings. The zero-order valence-electron chi connectivity index (χ0n) is 13.6. The molecule has 0 saturated carbocycles. The SMILES string of the molecule is CCc1ccc(C(CC)NCC(C)C(C)(C)C)cc1. The Morgan fingerprint density at radius 2 is 1.63 bits per heavy atom. The van der Waals surface area contributed by atoms with Crippen LogP contribution < -0.4 is 5.32 Å². The Bertz CT molecular complexity index is 358. The molecule has 2 unspecified atom stereocenters. The summed E-state index contributed by atoms with van der Waals surface area (Å²) in [7, 11) is 0. The monoisotopic (exact) mass is 261 g/mol. The van der Waals surface area contributed by atoms with Crippen molar-refractivity contribution in [3.8, 4) is 0 Å². The number of hydrogen-bond donors (Lipinski definition) is 1. The summed E-state index contributed by atoms with van der Waals surface area (Å²) < 4.78 is 0. The van der Waals surface area contributed by atoms with E-state index < -0.39 is 0 Å². The first kappa shape index (κ1) is 16.2. The summed E-state index contributed by atoms with van der Waals surface area (Å²) in [5.41, 5.74) is 3.21. The molecule has 0 aliphatic heterocycles. The third-order valence-electron chi connectivity index (χ3n) is 4.35. The Morgan fingerprint density at radius 3 is 2.05 bits per heavy atom. The van der Waals surface area contributed by atoms with Crippen LogP contribution in [-0.2, 0) is 6.42 Å². The summed E-state index contributed by atoms with van der Waals surface area (Å²) in [5.74, 6) is 0.677. The minimum absolute atomic E-state index is 0.372. The number of benzene rings is 1. The molecule has 0 heterocycles. The second-order valence-electron chi connectivity index (χ2n) is 6.73. The highest BCUT2D eigenvalue weighted by atomic mass is 14.9. The molecule has 0 spiro atoms. The van der Waals surface area contributed by atoms with Gasteiger partial charge in [0, 0.05) is 6.04 Å². The molecule has 0 amide bonds. The molecular formula is C18H31N. The fourth-order valence-corrected chi connectivity index (χ4v) is 2.11. The molecule has 0 radical (unpaired) electrons. The van der Waals surface area contributed by atoms with Crippen LogP contribution in [0.5, 0.6) is 0 Å². The van der Waals surface area contributed by atoms with Crippen LogP contribution in [0.1, 0.15) is 65.1 Å². The number of rotatable bonds is 6. The largest absolute Gasteiger partial charge is 0.310 e. The van der Waals surface area contributed by atoms with Gasteiger partial charge in [-0.1, -0.05) is 65.8 Å². The lowest BCUT2D eigenvalue weighted by molar-refractivity contribution is 0.244. The van der Waals surface area contributed by atoms with Crippen LogP contribution in [-0.4, -0.2) is 6.54 Å². The minimum Gasteiger partial charge on any atom is -0.310 e. The van der Waals surface area contributed by atoms with E-state index in [2.05, 4.69) is 71.1 Å². The van der Waals surface area contributed by atoms with Gasteiger partial charge in [0.2, 0.25) is 0 Å².